The van der Waals surface area contributed by atoms with Crippen LogP contribution in [0.4, 0.5) is 0 Å². The Kier molecular flexibility index (Phi) is 8.62. The van der Waals surface area contributed by atoms with Crippen molar-refractivity contribution in [3.63, 3.8) is 0 Å². The lowest BCUT2D eigenvalue weighted by Gasteiger charge is -2.45. The molecule has 1 aromatic carbocycles. The van der Waals surface area contributed by atoms with Gasteiger partial charge in [-0.3, -0.25) is 9.59 Å². The Hall–Kier alpha value is -1.59. The number of nitrogens with zero attached hydrogens (tertiary/aromatic N) is 2. The highest BCUT2D eigenvalue weighted by Gasteiger charge is 2.40. The van der Waals surface area contributed by atoms with E-state index in [0.717, 1.165) is 31.1 Å². The molecule has 2 heterocycles. The number of halogens is 1. The minimum absolute atomic E-state index is 0.0158. The molecule has 0 aliphatic carbocycles. The summed E-state index contributed by atoms with van der Waals surface area (Å²) in [6.07, 6.45) is 5.10. The van der Waals surface area contributed by atoms with Crippen LogP contribution in [-0.2, 0) is 9.59 Å². The van der Waals surface area contributed by atoms with Crippen molar-refractivity contribution >= 4 is 23.4 Å². The molecule has 6 heteroatoms. The molecule has 0 bridgehead atoms. The number of piperidine rings is 2. The number of amides is 2. The monoisotopic (exact) mass is 461 g/mol. The van der Waals surface area contributed by atoms with Crippen LogP contribution in [0.25, 0.3) is 0 Å². The summed E-state index contributed by atoms with van der Waals surface area (Å²) < 4.78 is 0. The van der Waals surface area contributed by atoms with E-state index < -0.39 is 6.04 Å². The minimum Gasteiger partial charge on any atom is -0.344 e. The summed E-state index contributed by atoms with van der Waals surface area (Å²) in [7, 11) is 0. The Morgan fingerprint density at radius 2 is 1.75 bits per heavy atom. The Balaban J connectivity index is 1.58. The fourth-order valence-electron chi connectivity index (χ4n) is 5.26. The van der Waals surface area contributed by atoms with Crippen molar-refractivity contribution in [1.82, 2.24) is 15.1 Å². The molecule has 0 spiro atoms. The lowest BCUT2D eigenvalue weighted by molar-refractivity contribution is -0.140. The maximum atomic E-state index is 13.4. The van der Waals surface area contributed by atoms with Crippen molar-refractivity contribution in [1.29, 1.82) is 0 Å². The SMILES string of the molecule is CC(C)[C@@H](NC(=O)CCN1CCCCC1)C(=O)N1CC[C@H](c2ccc(Cl)cc2)C(C)(C)C1. The first kappa shape index (κ1) is 25.0. The van der Waals surface area contributed by atoms with E-state index in [2.05, 4.69) is 36.2 Å². The zero-order valence-corrected chi connectivity index (χ0v) is 21.0. The van der Waals surface area contributed by atoms with Gasteiger partial charge in [0.15, 0.2) is 0 Å². The van der Waals surface area contributed by atoms with Crippen molar-refractivity contribution in [2.45, 2.75) is 71.8 Å². The van der Waals surface area contributed by atoms with Gasteiger partial charge in [0, 0.05) is 31.1 Å². The summed E-state index contributed by atoms with van der Waals surface area (Å²) in [6.45, 7) is 12.8. The summed E-state index contributed by atoms with van der Waals surface area (Å²) in [5, 5.41) is 3.80. The van der Waals surface area contributed by atoms with Crippen LogP contribution in [0.5, 0.6) is 0 Å². The number of rotatable bonds is 7. The molecule has 2 aliphatic rings. The van der Waals surface area contributed by atoms with Gasteiger partial charge in [0.1, 0.15) is 6.04 Å². The van der Waals surface area contributed by atoms with E-state index in [4.69, 9.17) is 11.6 Å². The number of hydrogen-bond donors (Lipinski definition) is 1. The van der Waals surface area contributed by atoms with E-state index in [-0.39, 0.29) is 23.1 Å². The van der Waals surface area contributed by atoms with E-state index in [0.29, 0.717) is 25.4 Å². The molecule has 0 saturated carbocycles. The molecule has 1 N–H and O–H groups in total. The number of carbonyl (C=O) groups excluding carboxylic acids is 2. The summed E-state index contributed by atoms with van der Waals surface area (Å²) in [5.41, 5.74) is 1.22. The molecular weight excluding hydrogens is 422 g/mol. The molecule has 0 radical (unpaired) electrons. The van der Waals surface area contributed by atoms with Gasteiger partial charge in [0.25, 0.3) is 0 Å². The van der Waals surface area contributed by atoms with Gasteiger partial charge in [-0.05, 0) is 67.3 Å². The van der Waals surface area contributed by atoms with Crippen molar-refractivity contribution in [3.05, 3.63) is 34.9 Å². The predicted molar refractivity (Wildman–Crippen MR) is 131 cm³/mol. The second kappa shape index (κ2) is 11.0. The molecular formula is C26H40ClN3O2. The van der Waals surface area contributed by atoms with E-state index in [1.165, 1.54) is 24.8 Å². The third kappa shape index (κ3) is 6.48. The Bertz CT molecular complexity index is 772. The number of carbonyl (C=O) groups is 2. The average molecular weight is 462 g/mol. The smallest absolute Gasteiger partial charge is 0.245 e. The molecule has 2 atom stereocenters. The van der Waals surface area contributed by atoms with Gasteiger partial charge in [0.2, 0.25) is 11.8 Å². The van der Waals surface area contributed by atoms with Gasteiger partial charge < -0.3 is 15.1 Å². The van der Waals surface area contributed by atoms with Crippen molar-refractivity contribution in [2.75, 3.05) is 32.7 Å². The number of nitrogens with one attached hydrogen (secondary N) is 1. The molecule has 5 nitrogen and oxygen atoms in total. The fourth-order valence-corrected chi connectivity index (χ4v) is 5.38. The van der Waals surface area contributed by atoms with Crippen molar-refractivity contribution in [3.8, 4) is 0 Å². The van der Waals surface area contributed by atoms with Crippen LogP contribution < -0.4 is 5.32 Å². The number of hydrogen-bond acceptors (Lipinski definition) is 3. The zero-order chi connectivity index (χ0) is 23.3. The summed E-state index contributed by atoms with van der Waals surface area (Å²) >= 11 is 6.07. The summed E-state index contributed by atoms with van der Waals surface area (Å²) in [5.74, 6) is 0.464. The molecule has 2 aliphatic heterocycles. The predicted octanol–water partition coefficient (Wildman–Crippen LogP) is 4.70. The third-order valence-electron chi connectivity index (χ3n) is 7.17. The summed E-state index contributed by atoms with van der Waals surface area (Å²) in [4.78, 5) is 30.4. The van der Waals surface area contributed by atoms with Crippen LogP contribution in [0.3, 0.4) is 0 Å². The molecule has 0 unspecified atom stereocenters. The molecule has 178 valence electrons. The van der Waals surface area contributed by atoms with Gasteiger partial charge in [-0.15, -0.1) is 0 Å². The molecule has 1 aromatic rings. The Morgan fingerprint density at radius 3 is 2.34 bits per heavy atom. The topological polar surface area (TPSA) is 52.7 Å². The maximum Gasteiger partial charge on any atom is 0.245 e. The van der Waals surface area contributed by atoms with Gasteiger partial charge in [-0.2, -0.15) is 0 Å². The largest absolute Gasteiger partial charge is 0.344 e. The van der Waals surface area contributed by atoms with E-state index >= 15 is 0 Å². The van der Waals surface area contributed by atoms with Gasteiger partial charge in [-0.1, -0.05) is 57.8 Å². The molecule has 2 fully saturated rings. The Morgan fingerprint density at radius 1 is 1.09 bits per heavy atom. The second-order valence-corrected chi connectivity index (χ2v) is 11.0. The van der Waals surface area contributed by atoms with E-state index in [1.807, 2.05) is 30.9 Å². The van der Waals surface area contributed by atoms with Crippen molar-refractivity contribution in [2.24, 2.45) is 11.3 Å². The highest BCUT2D eigenvalue weighted by Crippen LogP contribution is 2.42. The number of benzene rings is 1. The first-order valence-corrected chi connectivity index (χ1v) is 12.6. The average Bonchev–Trinajstić information content (AvgIpc) is 2.76. The highest BCUT2D eigenvalue weighted by molar-refractivity contribution is 6.30. The summed E-state index contributed by atoms with van der Waals surface area (Å²) in [6, 6.07) is 7.63. The second-order valence-electron chi connectivity index (χ2n) is 10.6. The quantitative estimate of drug-likeness (QED) is 0.640. The van der Waals surface area contributed by atoms with Gasteiger partial charge in [-0.25, -0.2) is 0 Å². The van der Waals surface area contributed by atoms with E-state index in [1.54, 1.807) is 0 Å². The first-order chi connectivity index (χ1) is 15.2. The van der Waals surface area contributed by atoms with Crippen LogP contribution in [0.15, 0.2) is 24.3 Å². The van der Waals surface area contributed by atoms with Crippen LogP contribution in [0.1, 0.15) is 71.3 Å². The van der Waals surface area contributed by atoms with E-state index in [9.17, 15) is 9.59 Å². The van der Waals surface area contributed by atoms with Crippen LogP contribution in [0, 0.1) is 11.3 Å². The van der Waals surface area contributed by atoms with Gasteiger partial charge >= 0.3 is 0 Å². The third-order valence-corrected chi connectivity index (χ3v) is 7.42. The zero-order valence-electron chi connectivity index (χ0n) is 20.2. The van der Waals surface area contributed by atoms with Crippen LogP contribution >= 0.6 is 11.6 Å². The van der Waals surface area contributed by atoms with Crippen LogP contribution in [0.2, 0.25) is 5.02 Å². The molecule has 3 rings (SSSR count). The van der Waals surface area contributed by atoms with Crippen LogP contribution in [-0.4, -0.2) is 60.4 Å². The standard InChI is InChI=1S/C26H40ClN3O2/c1-19(2)24(28-23(31)13-16-29-14-6-5-7-15-29)25(32)30-17-12-22(26(3,4)18-30)20-8-10-21(27)11-9-20/h8-11,19,22,24H,5-7,12-18H2,1-4H3,(H,28,31)/t22-,24-/m1/s1. The number of likely N-dealkylation sites (tertiary alicyclic amines) is 2. The molecule has 32 heavy (non-hydrogen) atoms. The minimum atomic E-state index is -0.466. The normalized spacial score (nSPS) is 22.6. The fraction of sp³-hybridized carbons (Fsp3) is 0.692. The lowest BCUT2D eigenvalue weighted by Crippen LogP contribution is -2.56. The molecule has 0 aromatic heterocycles. The van der Waals surface area contributed by atoms with Crippen molar-refractivity contribution < 1.29 is 9.59 Å². The highest BCUT2D eigenvalue weighted by atomic mass is 35.5. The van der Waals surface area contributed by atoms with Gasteiger partial charge in [0.05, 0.1) is 0 Å². The molecule has 2 saturated heterocycles. The molecule has 2 amide bonds. The lowest BCUT2D eigenvalue weighted by atomic mass is 9.70. The first-order valence-electron chi connectivity index (χ1n) is 12.2. The maximum absolute atomic E-state index is 13.4. The Labute approximate surface area is 198 Å².